The Hall–Kier alpha value is -1.31. The number of hydrogen-bond acceptors (Lipinski definition) is 2. The molecular weight excluding hydrogens is 427 g/mol. The third-order valence-corrected chi connectivity index (χ3v) is 3.64. The summed E-state index contributed by atoms with van der Waals surface area (Å²) >= 11 is 0. The molecule has 0 heterocycles. The maximum absolute atomic E-state index is 11.5. The minimum Gasteiger partial charge on any atom is -0.357 e. The van der Waals surface area contributed by atoms with E-state index < -0.39 is 0 Å². The zero-order chi connectivity index (χ0) is 17.8. The molecule has 1 unspecified atom stereocenters. The molecule has 25 heavy (non-hydrogen) atoms. The molecule has 6 heteroatoms. The number of aryl methyl sites for hydroxylation is 1. The molecule has 0 aliphatic carbocycles. The van der Waals surface area contributed by atoms with Gasteiger partial charge in [0.15, 0.2) is 5.96 Å². The first-order chi connectivity index (χ1) is 11.5. The van der Waals surface area contributed by atoms with Gasteiger partial charge in [0, 0.05) is 25.0 Å². The molecule has 1 aromatic rings. The SMILES string of the molecule is CCNC(=NCCNC(=O)C(C)C)NC(C)CCc1ccccc1.I. The van der Waals surface area contributed by atoms with Crippen molar-refractivity contribution in [2.45, 2.75) is 46.6 Å². The van der Waals surface area contributed by atoms with Gasteiger partial charge in [-0.25, -0.2) is 0 Å². The largest absolute Gasteiger partial charge is 0.357 e. The average molecular weight is 460 g/mol. The van der Waals surface area contributed by atoms with E-state index in [0.29, 0.717) is 19.1 Å². The Morgan fingerprint density at radius 2 is 1.80 bits per heavy atom. The van der Waals surface area contributed by atoms with Gasteiger partial charge in [0.1, 0.15) is 0 Å². The number of nitrogens with one attached hydrogen (secondary N) is 3. The molecule has 1 rings (SSSR count). The van der Waals surface area contributed by atoms with Gasteiger partial charge in [0.25, 0.3) is 0 Å². The fourth-order valence-corrected chi connectivity index (χ4v) is 2.20. The van der Waals surface area contributed by atoms with Gasteiger partial charge in [0.05, 0.1) is 6.54 Å². The predicted octanol–water partition coefficient (Wildman–Crippen LogP) is 2.95. The molecule has 1 aromatic carbocycles. The van der Waals surface area contributed by atoms with E-state index in [-0.39, 0.29) is 35.8 Å². The summed E-state index contributed by atoms with van der Waals surface area (Å²) in [4.78, 5) is 16.0. The van der Waals surface area contributed by atoms with Gasteiger partial charge in [-0.2, -0.15) is 0 Å². The third-order valence-electron chi connectivity index (χ3n) is 3.64. The van der Waals surface area contributed by atoms with Crippen LogP contribution in [0.3, 0.4) is 0 Å². The minimum absolute atomic E-state index is 0. The Balaban J connectivity index is 0.00000576. The number of nitrogens with zero attached hydrogens (tertiary/aromatic N) is 1. The van der Waals surface area contributed by atoms with Crippen LogP contribution in [0, 0.1) is 5.92 Å². The summed E-state index contributed by atoms with van der Waals surface area (Å²) in [6.45, 7) is 9.93. The van der Waals surface area contributed by atoms with Crippen molar-refractivity contribution in [1.82, 2.24) is 16.0 Å². The van der Waals surface area contributed by atoms with Crippen molar-refractivity contribution >= 4 is 35.8 Å². The summed E-state index contributed by atoms with van der Waals surface area (Å²) in [5.41, 5.74) is 1.35. The average Bonchev–Trinajstić information content (AvgIpc) is 2.57. The topological polar surface area (TPSA) is 65.5 Å². The molecule has 0 aliphatic heterocycles. The molecule has 3 N–H and O–H groups in total. The van der Waals surface area contributed by atoms with Gasteiger partial charge < -0.3 is 16.0 Å². The highest BCUT2D eigenvalue weighted by atomic mass is 127. The Labute approximate surface area is 169 Å². The first-order valence-electron chi connectivity index (χ1n) is 8.89. The summed E-state index contributed by atoms with van der Waals surface area (Å²) in [7, 11) is 0. The summed E-state index contributed by atoms with van der Waals surface area (Å²) in [5, 5.41) is 9.55. The number of carbonyl (C=O) groups excluding carboxylic acids is 1. The van der Waals surface area contributed by atoms with Gasteiger partial charge in [0.2, 0.25) is 5.91 Å². The van der Waals surface area contributed by atoms with E-state index in [1.54, 1.807) is 0 Å². The van der Waals surface area contributed by atoms with Crippen molar-refractivity contribution in [2.75, 3.05) is 19.6 Å². The van der Waals surface area contributed by atoms with E-state index in [1.807, 2.05) is 26.8 Å². The van der Waals surface area contributed by atoms with E-state index in [2.05, 4.69) is 52.1 Å². The maximum atomic E-state index is 11.5. The molecule has 0 saturated heterocycles. The van der Waals surface area contributed by atoms with Gasteiger partial charge in [-0.3, -0.25) is 9.79 Å². The van der Waals surface area contributed by atoms with Crippen LogP contribution in [0.4, 0.5) is 0 Å². The molecule has 0 aromatic heterocycles. The molecule has 0 spiro atoms. The lowest BCUT2D eigenvalue weighted by Crippen LogP contribution is -2.43. The molecule has 142 valence electrons. The smallest absolute Gasteiger partial charge is 0.222 e. The quantitative estimate of drug-likeness (QED) is 0.230. The van der Waals surface area contributed by atoms with Crippen LogP contribution in [0.15, 0.2) is 35.3 Å². The van der Waals surface area contributed by atoms with Crippen LogP contribution in [-0.4, -0.2) is 37.5 Å². The van der Waals surface area contributed by atoms with Crippen LogP contribution in [-0.2, 0) is 11.2 Å². The number of rotatable bonds is 9. The maximum Gasteiger partial charge on any atom is 0.222 e. The second-order valence-electron chi connectivity index (χ2n) is 6.28. The van der Waals surface area contributed by atoms with Crippen molar-refractivity contribution < 1.29 is 4.79 Å². The fourth-order valence-electron chi connectivity index (χ4n) is 2.20. The highest BCUT2D eigenvalue weighted by molar-refractivity contribution is 14.0. The zero-order valence-corrected chi connectivity index (χ0v) is 18.2. The molecule has 0 aliphatic rings. The molecule has 0 saturated carbocycles. The lowest BCUT2D eigenvalue weighted by Gasteiger charge is -2.18. The molecule has 0 bridgehead atoms. The summed E-state index contributed by atoms with van der Waals surface area (Å²) in [6, 6.07) is 10.8. The van der Waals surface area contributed by atoms with Crippen LogP contribution in [0.1, 0.15) is 39.7 Å². The molecular formula is C19H33IN4O. The number of carbonyl (C=O) groups is 1. The highest BCUT2D eigenvalue weighted by Gasteiger charge is 2.07. The molecule has 0 radical (unpaired) electrons. The Bertz CT molecular complexity index is 505. The standard InChI is InChI=1S/C19H32N4O.HI/c1-5-20-19(22-14-13-21-18(24)15(2)3)23-16(4)11-12-17-9-7-6-8-10-17;/h6-10,15-16H,5,11-14H2,1-4H3,(H,21,24)(H2,20,22,23);1H. The van der Waals surface area contributed by atoms with E-state index in [4.69, 9.17) is 0 Å². The van der Waals surface area contributed by atoms with Crippen LogP contribution < -0.4 is 16.0 Å². The number of aliphatic imine (C=N–C) groups is 1. The van der Waals surface area contributed by atoms with Crippen molar-refractivity contribution in [3.05, 3.63) is 35.9 Å². The third kappa shape index (κ3) is 11.0. The van der Waals surface area contributed by atoms with Gasteiger partial charge in [-0.15, -0.1) is 24.0 Å². The van der Waals surface area contributed by atoms with E-state index in [0.717, 1.165) is 25.3 Å². The van der Waals surface area contributed by atoms with E-state index in [9.17, 15) is 4.79 Å². The van der Waals surface area contributed by atoms with Crippen LogP contribution in [0.5, 0.6) is 0 Å². The lowest BCUT2D eigenvalue weighted by atomic mass is 10.1. The Kier molecular flexibility index (Phi) is 13.2. The highest BCUT2D eigenvalue weighted by Crippen LogP contribution is 2.04. The lowest BCUT2D eigenvalue weighted by molar-refractivity contribution is -0.123. The molecule has 1 amide bonds. The molecule has 1 atom stereocenters. The molecule has 5 nitrogen and oxygen atoms in total. The van der Waals surface area contributed by atoms with Crippen LogP contribution in [0.25, 0.3) is 0 Å². The number of benzene rings is 1. The number of hydrogen-bond donors (Lipinski definition) is 3. The van der Waals surface area contributed by atoms with E-state index >= 15 is 0 Å². The normalized spacial score (nSPS) is 12.3. The summed E-state index contributed by atoms with van der Waals surface area (Å²) in [5.74, 6) is 0.884. The second-order valence-corrected chi connectivity index (χ2v) is 6.28. The fraction of sp³-hybridized carbons (Fsp3) is 0.579. The monoisotopic (exact) mass is 460 g/mol. The van der Waals surface area contributed by atoms with Gasteiger partial charge >= 0.3 is 0 Å². The van der Waals surface area contributed by atoms with Crippen molar-refractivity contribution in [1.29, 1.82) is 0 Å². The number of halogens is 1. The van der Waals surface area contributed by atoms with E-state index in [1.165, 1.54) is 5.56 Å². The van der Waals surface area contributed by atoms with Crippen LogP contribution in [0.2, 0.25) is 0 Å². The van der Waals surface area contributed by atoms with Gasteiger partial charge in [-0.1, -0.05) is 44.2 Å². The summed E-state index contributed by atoms with van der Waals surface area (Å²) < 4.78 is 0. The van der Waals surface area contributed by atoms with Crippen molar-refractivity contribution in [3.63, 3.8) is 0 Å². The van der Waals surface area contributed by atoms with Crippen LogP contribution >= 0.6 is 24.0 Å². The Morgan fingerprint density at radius 3 is 2.40 bits per heavy atom. The first kappa shape index (κ1) is 23.7. The number of guanidine groups is 1. The number of amides is 1. The summed E-state index contributed by atoms with van der Waals surface area (Å²) in [6.07, 6.45) is 2.08. The first-order valence-corrected chi connectivity index (χ1v) is 8.89. The van der Waals surface area contributed by atoms with Gasteiger partial charge in [-0.05, 0) is 32.3 Å². The van der Waals surface area contributed by atoms with Crippen molar-refractivity contribution in [2.24, 2.45) is 10.9 Å². The van der Waals surface area contributed by atoms with Crippen molar-refractivity contribution in [3.8, 4) is 0 Å². The molecule has 0 fully saturated rings. The zero-order valence-electron chi connectivity index (χ0n) is 15.8. The second kappa shape index (κ2) is 13.9. The Morgan fingerprint density at radius 1 is 1.12 bits per heavy atom. The predicted molar refractivity (Wildman–Crippen MR) is 117 cm³/mol. The minimum atomic E-state index is 0.